The molecule has 4 aromatic rings. The molecule has 222 valence electrons. The number of hydrogen-bond acceptors (Lipinski definition) is 9. The Balaban J connectivity index is 1.29. The molecule has 3 aromatic carbocycles. The molecule has 1 fully saturated rings. The van der Waals surface area contributed by atoms with Crippen LogP contribution >= 0.6 is 11.3 Å². The minimum atomic E-state index is -0.968. The first kappa shape index (κ1) is 30.3. The number of carbonyl (C=O) groups excluding carboxylic acids is 2. The van der Waals surface area contributed by atoms with E-state index < -0.39 is 6.10 Å². The zero-order valence-corrected chi connectivity index (χ0v) is 24.6. The van der Waals surface area contributed by atoms with Crippen LogP contribution in [0.25, 0.3) is 10.2 Å². The van der Waals surface area contributed by atoms with Gasteiger partial charge in [-0.2, -0.15) is 5.26 Å². The monoisotopic (exact) mass is 598 g/mol. The third kappa shape index (κ3) is 7.63. The molecule has 1 atom stereocenters. The molecular weight excluding hydrogens is 564 g/mol. The summed E-state index contributed by atoms with van der Waals surface area (Å²) < 4.78 is 7.00. The molecule has 43 heavy (non-hydrogen) atoms. The molecule has 1 aliphatic rings. The van der Waals surface area contributed by atoms with E-state index in [2.05, 4.69) is 21.3 Å². The average Bonchev–Trinajstić information content (AvgIpc) is 3.44. The molecule has 0 saturated carbocycles. The minimum Gasteiger partial charge on any atom is -0.478 e. The zero-order valence-electron chi connectivity index (χ0n) is 23.8. The average molecular weight is 599 g/mol. The first-order valence-corrected chi connectivity index (χ1v) is 15.2. The SMILES string of the molecule is N#Cc1ccc(C(Oc2ccc(C(=O)NCCN3CCCCC3)cc2)C(=O)Cc2nc3cc(CO)c(CO)cc3s2)cc1. The van der Waals surface area contributed by atoms with E-state index in [1.807, 2.05) is 0 Å². The fourth-order valence-corrected chi connectivity index (χ4v) is 6.23. The van der Waals surface area contributed by atoms with Gasteiger partial charge in [-0.15, -0.1) is 11.3 Å². The van der Waals surface area contributed by atoms with Gasteiger partial charge in [0.2, 0.25) is 0 Å². The number of Topliss-reactive ketones (excluding diaryl/α,β-unsaturated/α-hetero) is 1. The fraction of sp³-hybridized carbons (Fsp3) is 0.333. The lowest BCUT2D eigenvalue weighted by molar-refractivity contribution is -0.125. The fourth-order valence-electron chi connectivity index (χ4n) is 5.20. The highest BCUT2D eigenvalue weighted by Crippen LogP contribution is 2.29. The Hall–Kier alpha value is -4.14. The molecular formula is C33H34N4O5S. The number of benzene rings is 3. The molecule has 9 nitrogen and oxygen atoms in total. The normalized spacial score (nSPS) is 14.3. The van der Waals surface area contributed by atoms with Crippen LogP contribution in [0.15, 0.2) is 60.7 Å². The van der Waals surface area contributed by atoms with Crippen molar-refractivity contribution in [3.8, 4) is 11.8 Å². The molecule has 0 bridgehead atoms. The van der Waals surface area contributed by atoms with Gasteiger partial charge >= 0.3 is 0 Å². The van der Waals surface area contributed by atoms with Crippen LogP contribution in [0.1, 0.15) is 63.0 Å². The largest absolute Gasteiger partial charge is 0.478 e. The summed E-state index contributed by atoms with van der Waals surface area (Å²) in [6, 6.07) is 19.0. The number of aliphatic hydroxyl groups is 2. The second-order valence-electron chi connectivity index (χ2n) is 10.6. The van der Waals surface area contributed by atoms with E-state index in [-0.39, 0.29) is 31.3 Å². The Labute approximate surface area is 254 Å². The molecule has 1 aromatic heterocycles. The van der Waals surface area contributed by atoms with Crippen LogP contribution in [-0.4, -0.2) is 58.0 Å². The van der Waals surface area contributed by atoms with Gasteiger partial charge in [0.1, 0.15) is 10.8 Å². The number of nitriles is 1. The van der Waals surface area contributed by atoms with Crippen molar-refractivity contribution in [1.29, 1.82) is 5.26 Å². The van der Waals surface area contributed by atoms with Crippen LogP contribution in [-0.2, 0) is 24.4 Å². The van der Waals surface area contributed by atoms with Gasteiger partial charge in [0.15, 0.2) is 11.9 Å². The lowest BCUT2D eigenvalue weighted by Crippen LogP contribution is -2.37. The maximum Gasteiger partial charge on any atom is 0.251 e. The van der Waals surface area contributed by atoms with Gasteiger partial charge in [-0.1, -0.05) is 18.6 Å². The summed E-state index contributed by atoms with van der Waals surface area (Å²) in [5, 5.41) is 32.0. The van der Waals surface area contributed by atoms with E-state index in [1.165, 1.54) is 30.6 Å². The number of piperidine rings is 1. The number of ketones is 1. The Morgan fingerprint density at radius 2 is 1.70 bits per heavy atom. The number of nitrogens with zero attached hydrogens (tertiary/aromatic N) is 3. The van der Waals surface area contributed by atoms with Crippen LogP contribution in [0.4, 0.5) is 0 Å². The number of aromatic nitrogens is 1. The number of thiazole rings is 1. The van der Waals surface area contributed by atoms with Crippen LogP contribution in [0.5, 0.6) is 5.75 Å². The van der Waals surface area contributed by atoms with Crippen LogP contribution in [0.3, 0.4) is 0 Å². The summed E-state index contributed by atoms with van der Waals surface area (Å²) in [5.41, 5.74) is 3.43. The van der Waals surface area contributed by atoms with Gasteiger partial charge in [-0.05, 0) is 91.2 Å². The lowest BCUT2D eigenvalue weighted by Gasteiger charge is -2.26. The van der Waals surface area contributed by atoms with E-state index in [1.54, 1.807) is 60.7 Å². The van der Waals surface area contributed by atoms with Gasteiger partial charge in [0.05, 0.1) is 41.5 Å². The number of fused-ring (bicyclic) bond motifs is 1. The summed E-state index contributed by atoms with van der Waals surface area (Å²) in [5.74, 6) is 0.0398. The van der Waals surface area contributed by atoms with Crippen LogP contribution in [0.2, 0.25) is 0 Å². The first-order valence-electron chi connectivity index (χ1n) is 14.4. The molecule has 1 amide bonds. The number of aliphatic hydroxyl groups excluding tert-OH is 2. The summed E-state index contributed by atoms with van der Waals surface area (Å²) in [7, 11) is 0. The van der Waals surface area contributed by atoms with Gasteiger partial charge in [-0.25, -0.2) is 4.98 Å². The Bertz CT molecular complexity index is 1560. The maximum absolute atomic E-state index is 13.6. The van der Waals surface area contributed by atoms with E-state index >= 15 is 0 Å². The number of rotatable bonds is 12. The Kier molecular flexibility index (Phi) is 10.1. The molecule has 0 aliphatic carbocycles. The summed E-state index contributed by atoms with van der Waals surface area (Å²) in [6.07, 6.45) is 2.72. The van der Waals surface area contributed by atoms with Crippen molar-refractivity contribution in [2.75, 3.05) is 26.2 Å². The molecule has 5 rings (SSSR count). The summed E-state index contributed by atoms with van der Waals surface area (Å²) in [4.78, 5) is 33.3. The third-order valence-electron chi connectivity index (χ3n) is 7.59. The van der Waals surface area contributed by atoms with Gasteiger partial charge in [0, 0.05) is 18.7 Å². The predicted molar refractivity (Wildman–Crippen MR) is 164 cm³/mol. The van der Waals surface area contributed by atoms with Crippen molar-refractivity contribution in [1.82, 2.24) is 15.2 Å². The number of hydrogen-bond donors (Lipinski definition) is 3. The number of likely N-dealkylation sites (tertiary alicyclic amines) is 1. The molecule has 0 spiro atoms. The maximum atomic E-state index is 13.6. The van der Waals surface area contributed by atoms with Crippen molar-refractivity contribution in [3.63, 3.8) is 0 Å². The number of ether oxygens (including phenoxy) is 1. The highest BCUT2D eigenvalue weighted by molar-refractivity contribution is 7.18. The second kappa shape index (κ2) is 14.4. The van der Waals surface area contributed by atoms with Crippen LogP contribution in [0, 0.1) is 11.3 Å². The van der Waals surface area contributed by atoms with E-state index in [0.29, 0.717) is 50.6 Å². The standard InChI is InChI=1S/C33H34N4O5S/c34-19-22-4-6-23(7-5-22)32(29(40)18-31-36-28-16-25(20-38)26(21-39)17-30(28)43-31)42-27-10-8-24(9-11-27)33(41)35-12-15-37-13-2-1-3-14-37/h4-11,16-17,32,38-39H,1-3,12-15,18,20-21H2,(H,35,41). The highest BCUT2D eigenvalue weighted by atomic mass is 32.1. The molecule has 10 heteroatoms. The Morgan fingerprint density at radius 1 is 1.00 bits per heavy atom. The van der Waals surface area contributed by atoms with Crippen molar-refractivity contribution in [2.45, 2.75) is 45.0 Å². The van der Waals surface area contributed by atoms with E-state index in [0.717, 1.165) is 24.3 Å². The van der Waals surface area contributed by atoms with Gasteiger partial charge in [0.25, 0.3) is 5.91 Å². The smallest absolute Gasteiger partial charge is 0.251 e. The molecule has 1 saturated heterocycles. The van der Waals surface area contributed by atoms with Crippen molar-refractivity contribution < 1.29 is 24.5 Å². The van der Waals surface area contributed by atoms with Gasteiger partial charge in [-0.3, -0.25) is 9.59 Å². The molecule has 0 radical (unpaired) electrons. The summed E-state index contributed by atoms with van der Waals surface area (Å²) >= 11 is 1.35. The third-order valence-corrected chi connectivity index (χ3v) is 8.61. The van der Waals surface area contributed by atoms with E-state index in [4.69, 9.17) is 4.74 Å². The van der Waals surface area contributed by atoms with Crippen molar-refractivity contribution in [3.05, 3.63) is 93.5 Å². The van der Waals surface area contributed by atoms with E-state index in [9.17, 15) is 25.1 Å². The summed E-state index contributed by atoms with van der Waals surface area (Å²) in [6.45, 7) is 3.16. The van der Waals surface area contributed by atoms with Crippen LogP contribution < -0.4 is 10.1 Å². The minimum absolute atomic E-state index is 0.00440. The zero-order chi connectivity index (χ0) is 30.2. The quantitative estimate of drug-likeness (QED) is 0.220. The molecule has 1 unspecified atom stereocenters. The van der Waals surface area contributed by atoms with Crippen molar-refractivity contribution >= 4 is 33.2 Å². The molecule has 3 N–H and O–H groups in total. The lowest BCUT2D eigenvalue weighted by atomic mass is 10.0. The predicted octanol–water partition coefficient (Wildman–Crippen LogP) is 4.30. The van der Waals surface area contributed by atoms with Gasteiger partial charge < -0.3 is 25.2 Å². The second-order valence-corrected chi connectivity index (χ2v) is 11.7. The number of nitrogens with one attached hydrogen (secondary N) is 1. The van der Waals surface area contributed by atoms with Crippen molar-refractivity contribution in [2.24, 2.45) is 0 Å². The topological polar surface area (TPSA) is 136 Å². The molecule has 2 heterocycles. The first-order chi connectivity index (χ1) is 21.0. The number of carbonyl (C=O) groups is 2. The Morgan fingerprint density at radius 3 is 2.37 bits per heavy atom. The number of amides is 1. The molecule has 1 aliphatic heterocycles. The highest BCUT2D eigenvalue weighted by Gasteiger charge is 2.25.